The van der Waals surface area contributed by atoms with Gasteiger partial charge in [-0.25, -0.2) is 9.59 Å². The van der Waals surface area contributed by atoms with Crippen LogP contribution in [0, 0.1) is 0 Å². The van der Waals surface area contributed by atoms with Crippen LogP contribution < -0.4 is 10.6 Å². The molecule has 4 rings (SSSR count). The minimum atomic E-state index is -5.08. The summed E-state index contributed by atoms with van der Waals surface area (Å²) in [6, 6.07) is 2.45. The number of amides is 2. The van der Waals surface area contributed by atoms with Gasteiger partial charge in [0.05, 0.1) is 0 Å². The molecule has 1 aromatic heterocycles. The number of alkyl halides is 3. The molecule has 1 aromatic rings. The SMILES string of the molecule is N[C@@H]1C(=O)N2C(C(=O)O)=C(C=C3CCN(c4ccc(Cl)nn4)C3=O)CS[C@H]12.O=C(O)C(F)(F)F. The van der Waals surface area contributed by atoms with E-state index in [4.69, 9.17) is 27.2 Å². The molecule has 4 N–H and O–H groups in total. The number of hydrogen-bond acceptors (Lipinski definition) is 8. The Morgan fingerprint density at radius 3 is 2.41 bits per heavy atom. The van der Waals surface area contributed by atoms with E-state index >= 15 is 0 Å². The Morgan fingerprint density at radius 2 is 1.88 bits per heavy atom. The summed E-state index contributed by atoms with van der Waals surface area (Å²) >= 11 is 7.11. The Kier molecular flexibility index (Phi) is 7.18. The van der Waals surface area contributed by atoms with E-state index in [0.717, 1.165) is 0 Å². The lowest BCUT2D eigenvalue weighted by Crippen LogP contribution is -2.68. The fraction of sp³-hybridized carbons (Fsp3) is 0.333. The number of β-lactam (4-membered cyclic amide) rings is 1. The molecule has 34 heavy (non-hydrogen) atoms. The summed E-state index contributed by atoms with van der Waals surface area (Å²) in [5.41, 5.74) is 6.52. The fourth-order valence-electron chi connectivity index (χ4n) is 3.28. The Hall–Kier alpha value is -3.17. The standard InChI is InChI=1S/C16H14ClN5O4S.C2HF3O2/c17-9-1-2-10(20-19-9)21-4-3-7(13(21)23)5-8-6-27-15-11(18)14(24)22(15)12(8)16(25)26;3-2(4,5)1(6)7/h1-2,5,11,15H,3-4,6,18H2,(H,25,26);(H,6,7)/t11-,15-;/m1./s1. The van der Waals surface area contributed by atoms with Crippen molar-refractivity contribution in [2.24, 2.45) is 5.73 Å². The average Bonchev–Trinajstić information content (AvgIpc) is 3.13. The predicted octanol–water partition coefficient (Wildman–Crippen LogP) is 1.01. The molecule has 0 unspecified atom stereocenters. The van der Waals surface area contributed by atoms with Gasteiger partial charge in [-0.15, -0.1) is 22.0 Å². The van der Waals surface area contributed by atoms with Gasteiger partial charge in [-0.05, 0) is 30.2 Å². The maximum Gasteiger partial charge on any atom is 0.490 e. The van der Waals surface area contributed by atoms with Gasteiger partial charge in [0.15, 0.2) is 11.0 Å². The second-order valence-electron chi connectivity index (χ2n) is 7.01. The van der Waals surface area contributed by atoms with Crippen LogP contribution in [0.25, 0.3) is 0 Å². The van der Waals surface area contributed by atoms with Crippen LogP contribution in [0.5, 0.6) is 0 Å². The van der Waals surface area contributed by atoms with Crippen molar-refractivity contribution in [3.8, 4) is 0 Å². The monoisotopic (exact) mass is 521 g/mol. The molecule has 3 aliphatic rings. The van der Waals surface area contributed by atoms with Gasteiger partial charge < -0.3 is 15.9 Å². The number of anilines is 1. The molecule has 0 bridgehead atoms. The molecule has 11 nitrogen and oxygen atoms in total. The molecule has 2 fully saturated rings. The second-order valence-corrected chi connectivity index (χ2v) is 8.50. The number of rotatable bonds is 3. The summed E-state index contributed by atoms with van der Waals surface area (Å²) in [5.74, 6) is -3.92. The number of aliphatic carboxylic acids is 2. The van der Waals surface area contributed by atoms with Gasteiger partial charge in [-0.2, -0.15) is 13.2 Å². The minimum absolute atomic E-state index is 0.101. The van der Waals surface area contributed by atoms with E-state index in [1.165, 1.54) is 21.6 Å². The molecular weight excluding hydrogens is 507 g/mol. The van der Waals surface area contributed by atoms with Crippen LogP contribution in [0.15, 0.2) is 35.1 Å². The largest absolute Gasteiger partial charge is 0.490 e. The van der Waals surface area contributed by atoms with Crippen molar-refractivity contribution in [1.82, 2.24) is 15.1 Å². The topological polar surface area (TPSA) is 167 Å². The zero-order valence-corrected chi connectivity index (χ0v) is 18.4. The van der Waals surface area contributed by atoms with Crippen LogP contribution in [0.3, 0.4) is 0 Å². The number of hydrogen-bond donors (Lipinski definition) is 3. The number of carboxylic acid groups (broad SMARTS) is 2. The quantitative estimate of drug-likeness (QED) is 0.385. The van der Waals surface area contributed by atoms with E-state index in [1.54, 1.807) is 18.2 Å². The number of aromatic nitrogens is 2. The summed E-state index contributed by atoms with van der Waals surface area (Å²) in [6.45, 7) is 0.403. The van der Waals surface area contributed by atoms with Crippen molar-refractivity contribution in [3.63, 3.8) is 0 Å². The highest BCUT2D eigenvalue weighted by molar-refractivity contribution is 8.00. The summed E-state index contributed by atoms with van der Waals surface area (Å²) < 4.78 is 31.7. The maximum absolute atomic E-state index is 12.7. The van der Waals surface area contributed by atoms with Gasteiger partial charge >= 0.3 is 18.1 Å². The van der Waals surface area contributed by atoms with Gasteiger partial charge in [0.25, 0.3) is 5.91 Å². The number of nitrogens with two attached hydrogens (primary N) is 1. The van der Waals surface area contributed by atoms with Crippen molar-refractivity contribution in [2.75, 3.05) is 17.2 Å². The zero-order chi connectivity index (χ0) is 25.4. The van der Waals surface area contributed by atoms with Gasteiger partial charge in [-0.1, -0.05) is 11.6 Å². The lowest BCUT2D eigenvalue weighted by atomic mass is 10.0. The van der Waals surface area contributed by atoms with Crippen molar-refractivity contribution in [2.45, 2.75) is 24.0 Å². The zero-order valence-electron chi connectivity index (χ0n) is 16.8. The van der Waals surface area contributed by atoms with E-state index in [1.807, 2.05) is 0 Å². The second kappa shape index (κ2) is 9.60. The average molecular weight is 522 g/mol. The number of fused-ring (bicyclic) bond motifs is 1. The van der Waals surface area contributed by atoms with Gasteiger partial charge in [0.1, 0.15) is 17.1 Å². The van der Waals surface area contributed by atoms with Crippen LogP contribution in [-0.4, -0.2) is 79.0 Å². The van der Waals surface area contributed by atoms with E-state index in [2.05, 4.69) is 10.2 Å². The molecule has 0 radical (unpaired) electrons. The number of carbonyl (C=O) groups is 4. The summed E-state index contributed by atoms with van der Waals surface area (Å²) in [6.07, 6.45) is -3.09. The van der Waals surface area contributed by atoms with Crippen molar-refractivity contribution < 1.29 is 42.6 Å². The van der Waals surface area contributed by atoms with Crippen LogP contribution in [0.4, 0.5) is 19.0 Å². The first kappa shape index (κ1) is 25.5. The number of halogens is 4. The van der Waals surface area contributed by atoms with Crippen molar-refractivity contribution in [1.29, 1.82) is 0 Å². The lowest BCUT2D eigenvalue weighted by Gasteiger charge is -2.47. The van der Waals surface area contributed by atoms with Crippen LogP contribution >= 0.6 is 23.4 Å². The Bertz CT molecular complexity index is 1110. The summed E-state index contributed by atoms with van der Waals surface area (Å²) in [7, 11) is 0. The van der Waals surface area contributed by atoms with Crippen LogP contribution in [-0.2, 0) is 19.2 Å². The first-order chi connectivity index (χ1) is 15.8. The number of carbonyl (C=O) groups excluding carboxylic acids is 2. The third-order valence-corrected chi connectivity index (χ3v) is 6.38. The summed E-state index contributed by atoms with van der Waals surface area (Å²) in [5, 5.41) is 24.2. The minimum Gasteiger partial charge on any atom is -0.477 e. The first-order valence-corrected chi connectivity index (χ1v) is 10.7. The maximum atomic E-state index is 12.7. The van der Waals surface area contributed by atoms with E-state index < -0.39 is 30.1 Å². The molecule has 2 atom stereocenters. The molecule has 0 aromatic carbocycles. The van der Waals surface area contributed by atoms with Crippen LogP contribution in [0.1, 0.15) is 6.42 Å². The summed E-state index contributed by atoms with van der Waals surface area (Å²) in [4.78, 5) is 48.0. The van der Waals surface area contributed by atoms with Crippen LogP contribution in [0.2, 0.25) is 5.15 Å². The van der Waals surface area contributed by atoms with E-state index in [-0.39, 0.29) is 22.1 Å². The smallest absolute Gasteiger partial charge is 0.477 e. The molecule has 4 heterocycles. The fourth-order valence-corrected chi connectivity index (χ4v) is 4.63. The molecule has 3 aliphatic heterocycles. The predicted molar refractivity (Wildman–Crippen MR) is 112 cm³/mol. The molecule has 0 saturated carbocycles. The first-order valence-electron chi connectivity index (χ1n) is 9.31. The third-order valence-electron chi connectivity index (χ3n) is 4.85. The molecule has 0 aliphatic carbocycles. The van der Waals surface area contributed by atoms with E-state index in [9.17, 15) is 32.7 Å². The normalized spacial score (nSPS) is 23.4. The molecule has 2 saturated heterocycles. The van der Waals surface area contributed by atoms with Crippen molar-refractivity contribution >= 4 is 52.9 Å². The van der Waals surface area contributed by atoms with Gasteiger partial charge in [0.2, 0.25) is 5.91 Å². The highest BCUT2D eigenvalue weighted by atomic mass is 35.5. The Balaban J connectivity index is 0.000000406. The highest BCUT2D eigenvalue weighted by Gasteiger charge is 2.51. The molecule has 16 heteroatoms. The van der Waals surface area contributed by atoms with Gasteiger partial charge in [-0.3, -0.25) is 19.4 Å². The molecule has 2 amide bonds. The van der Waals surface area contributed by atoms with E-state index in [0.29, 0.717) is 35.7 Å². The molecule has 182 valence electrons. The number of thioether (sulfide) groups is 1. The lowest BCUT2D eigenvalue weighted by molar-refractivity contribution is -0.192. The molecular formula is C18H15ClF3N5O6S. The number of carboxylic acids is 2. The molecule has 0 spiro atoms. The highest BCUT2D eigenvalue weighted by Crippen LogP contribution is 2.40. The van der Waals surface area contributed by atoms with Gasteiger partial charge in [0, 0.05) is 17.9 Å². The van der Waals surface area contributed by atoms with Crippen molar-refractivity contribution in [3.05, 3.63) is 40.2 Å². The third kappa shape index (κ3) is 5.00. The number of allylic oxidation sites excluding steroid dienone is 1. The Labute approximate surface area is 198 Å². The Morgan fingerprint density at radius 1 is 1.24 bits per heavy atom. The number of nitrogens with zero attached hydrogens (tertiary/aromatic N) is 4.